The van der Waals surface area contributed by atoms with Gasteiger partial charge in [-0.2, -0.15) is 0 Å². The molecule has 0 amide bonds. The number of thiazole rings is 1. The number of fused-ring (bicyclic) bond motifs is 1. The Morgan fingerprint density at radius 1 is 1.56 bits per heavy atom. The molecule has 1 saturated carbocycles. The molecule has 0 bridgehead atoms. The first kappa shape index (κ1) is 11.5. The molecule has 0 aliphatic heterocycles. The van der Waals surface area contributed by atoms with Crippen LogP contribution in [0.5, 0.6) is 0 Å². The van der Waals surface area contributed by atoms with E-state index in [0.29, 0.717) is 11.9 Å². The molecule has 1 aliphatic carbocycles. The summed E-state index contributed by atoms with van der Waals surface area (Å²) in [5, 5.41) is 11.2. The van der Waals surface area contributed by atoms with E-state index < -0.39 is 5.97 Å². The molecule has 1 N–H and O–H groups in total. The van der Waals surface area contributed by atoms with Crippen molar-refractivity contribution in [1.29, 1.82) is 0 Å². The Morgan fingerprint density at radius 3 is 2.94 bits per heavy atom. The van der Waals surface area contributed by atoms with E-state index in [9.17, 15) is 9.90 Å². The van der Waals surface area contributed by atoms with Gasteiger partial charge in [-0.3, -0.25) is 4.40 Å². The summed E-state index contributed by atoms with van der Waals surface area (Å²) in [7, 11) is 1.95. The molecule has 3 rings (SSSR count). The summed E-state index contributed by atoms with van der Waals surface area (Å²) in [5.41, 5.74) is 0.278. The number of hydrogen-bond donors (Lipinski definition) is 1. The lowest BCUT2D eigenvalue weighted by Crippen LogP contribution is -2.30. The summed E-state index contributed by atoms with van der Waals surface area (Å²) in [5.74, 6) is -0.318. The topological polar surface area (TPSA) is 57.8 Å². The molecule has 6 heteroatoms. The molecule has 5 nitrogen and oxygen atoms in total. The third-order valence-corrected chi connectivity index (χ3v) is 4.41. The Kier molecular flexibility index (Phi) is 2.74. The highest BCUT2D eigenvalue weighted by Crippen LogP contribution is 2.30. The van der Waals surface area contributed by atoms with Crippen LogP contribution in [-0.4, -0.2) is 33.6 Å². The van der Waals surface area contributed by atoms with E-state index in [2.05, 4.69) is 4.98 Å². The number of aromatic carboxylic acids is 1. The molecule has 1 fully saturated rings. The average molecular weight is 265 g/mol. The molecule has 0 unspecified atom stereocenters. The maximum absolute atomic E-state index is 11.4. The van der Waals surface area contributed by atoms with Crippen LogP contribution in [0.25, 0.3) is 4.96 Å². The molecular weight excluding hydrogens is 250 g/mol. The van der Waals surface area contributed by atoms with Crippen molar-refractivity contribution in [2.45, 2.75) is 31.7 Å². The van der Waals surface area contributed by atoms with E-state index >= 15 is 0 Å². The number of anilines is 1. The Hall–Kier alpha value is -1.56. The van der Waals surface area contributed by atoms with Crippen molar-refractivity contribution in [3.63, 3.8) is 0 Å². The first-order valence-electron chi connectivity index (χ1n) is 6.10. The SMILES string of the molecule is CN(c1nc2sccn2c1C(=O)O)C1CCCC1. The Bertz CT molecular complexity index is 583. The maximum Gasteiger partial charge on any atom is 0.356 e. The van der Waals surface area contributed by atoms with Crippen molar-refractivity contribution in [2.24, 2.45) is 0 Å². The highest BCUT2D eigenvalue weighted by molar-refractivity contribution is 7.15. The van der Waals surface area contributed by atoms with Crippen molar-refractivity contribution in [3.05, 3.63) is 17.3 Å². The van der Waals surface area contributed by atoms with E-state index in [0.717, 1.165) is 17.8 Å². The van der Waals surface area contributed by atoms with Crippen molar-refractivity contribution in [2.75, 3.05) is 11.9 Å². The van der Waals surface area contributed by atoms with Gasteiger partial charge in [0.05, 0.1) is 0 Å². The zero-order valence-corrected chi connectivity index (χ0v) is 11.0. The average Bonchev–Trinajstić information content (AvgIpc) is 3.03. The van der Waals surface area contributed by atoms with Gasteiger partial charge in [-0.25, -0.2) is 9.78 Å². The van der Waals surface area contributed by atoms with Crippen molar-refractivity contribution in [1.82, 2.24) is 9.38 Å². The van der Waals surface area contributed by atoms with Gasteiger partial charge in [0.25, 0.3) is 0 Å². The van der Waals surface area contributed by atoms with Crippen LogP contribution < -0.4 is 4.90 Å². The monoisotopic (exact) mass is 265 g/mol. The van der Waals surface area contributed by atoms with Gasteiger partial charge in [-0.1, -0.05) is 12.8 Å². The minimum absolute atomic E-state index is 0.278. The van der Waals surface area contributed by atoms with E-state index in [1.54, 1.807) is 10.6 Å². The number of carbonyl (C=O) groups is 1. The first-order chi connectivity index (χ1) is 8.68. The summed E-state index contributed by atoms with van der Waals surface area (Å²) in [4.78, 5) is 18.7. The molecule has 0 atom stereocenters. The zero-order valence-electron chi connectivity index (χ0n) is 10.2. The van der Waals surface area contributed by atoms with E-state index in [1.807, 2.05) is 17.3 Å². The molecule has 0 saturated heterocycles. The fourth-order valence-corrected chi connectivity index (χ4v) is 3.39. The van der Waals surface area contributed by atoms with Crippen LogP contribution in [0.15, 0.2) is 11.6 Å². The molecule has 18 heavy (non-hydrogen) atoms. The van der Waals surface area contributed by atoms with Gasteiger partial charge in [0, 0.05) is 24.7 Å². The molecule has 96 valence electrons. The number of nitrogens with zero attached hydrogens (tertiary/aromatic N) is 3. The van der Waals surface area contributed by atoms with Crippen LogP contribution in [0.3, 0.4) is 0 Å². The molecule has 1 aliphatic rings. The fourth-order valence-electron chi connectivity index (χ4n) is 2.68. The molecule has 0 radical (unpaired) electrons. The Morgan fingerprint density at radius 2 is 2.28 bits per heavy atom. The second kappa shape index (κ2) is 4.28. The maximum atomic E-state index is 11.4. The molecular formula is C12H15N3O2S. The van der Waals surface area contributed by atoms with Crippen LogP contribution >= 0.6 is 11.3 Å². The Balaban J connectivity index is 2.06. The van der Waals surface area contributed by atoms with Gasteiger partial charge in [-0.05, 0) is 12.8 Å². The van der Waals surface area contributed by atoms with Crippen LogP contribution in [-0.2, 0) is 0 Å². The standard InChI is InChI=1S/C12H15N3O2S/c1-14(8-4-2-3-5-8)10-9(11(16)17)15-6-7-18-12(15)13-10/h6-8H,2-5H2,1H3,(H,16,17). The lowest BCUT2D eigenvalue weighted by atomic mass is 10.2. The largest absolute Gasteiger partial charge is 0.476 e. The third-order valence-electron chi connectivity index (χ3n) is 3.65. The number of imidazole rings is 1. The van der Waals surface area contributed by atoms with Gasteiger partial charge < -0.3 is 10.0 Å². The molecule has 2 aromatic heterocycles. The lowest BCUT2D eigenvalue weighted by Gasteiger charge is -2.24. The summed E-state index contributed by atoms with van der Waals surface area (Å²) < 4.78 is 1.66. The van der Waals surface area contributed by atoms with Crippen molar-refractivity contribution in [3.8, 4) is 0 Å². The third kappa shape index (κ3) is 1.68. The predicted octanol–water partition coefficient (Wildman–Crippen LogP) is 2.47. The summed E-state index contributed by atoms with van der Waals surface area (Å²) in [6.07, 6.45) is 6.46. The number of carboxylic acids is 1. The second-order valence-corrected chi connectivity index (χ2v) is 5.57. The number of aromatic nitrogens is 2. The van der Waals surface area contributed by atoms with Crippen LogP contribution in [0.2, 0.25) is 0 Å². The van der Waals surface area contributed by atoms with Gasteiger partial charge in [0.15, 0.2) is 16.5 Å². The second-order valence-electron chi connectivity index (χ2n) is 4.69. The van der Waals surface area contributed by atoms with Gasteiger partial charge in [0.1, 0.15) is 0 Å². The minimum Gasteiger partial charge on any atom is -0.476 e. The van der Waals surface area contributed by atoms with E-state index in [-0.39, 0.29) is 5.69 Å². The molecule has 2 aromatic rings. The van der Waals surface area contributed by atoms with Gasteiger partial charge >= 0.3 is 5.97 Å². The van der Waals surface area contributed by atoms with Crippen molar-refractivity contribution >= 4 is 28.1 Å². The highest BCUT2D eigenvalue weighted by Gasteiger charge is 2.27. The highest BCUT2D eigenvalue weighted by atomic mass is 32.1. The lowest BCUT2D eigenvalue weighted by molar-refractivity contribution is 0.0690. The summed E-state index contributed by atoms with van der Waals surface area (Å²) in [6, 6.07) is 0.424. The van der Waals surface area contributed by atoms with Gasteiger partial charge in [-0.15, -0.1) is 11.3 Å². The number of carboxylic acid groups (broad SMARTS) is 1. The van der Waals surface area contributed by atoms with Crippen molar-refractivity contribution < 1.29 is 9.90 Å². The van der Waals surface area contributed by atoms with Crippen LogP contribution in [0, 0.1) is 0 Å². The summed E-state index contributed by atoms with van der Waals surface area (Å²) in [6.45, 7) is 0. The number of rotatable bonds is 3. The smallest absolute Gasteiger partial charge is 0.356 e. The van der Waals surface area contributed by atoms with E-state index in [1.165, 1.54) is 24.2 Å². The fraction of sp³-hybridized carbons (Fsp3) is 0.500. The van der Waals surface area contributed by atoms with Crippen LogP contribution in [0.4, 0.5) is 5.82 Å². The Labute approximate surface area is 109 Å². The van der Waals surface area contributed by atoms with Crippen LogP contribution in [0.1, 0.15) is 36.2 Å². The molecule has 0 spiro atoms. The minimum atomic E-state index is -0.916. The van der Waals surface area contributed by atoms with Gasteiger partial charge in [0.2, 0.25) is 0 Å². The zero-order chi connectivity index (χ0) is 12.7. The number of hydrogen-bond acceptors (Lipinski definition) is 4. The predicted molar refractivity (Wildman–Crippen MR) is 70.7 cm³/mol. The van der Waals surface area contributed by atoms with E-state index in [4.69, 9.17) is 0 Å². The normalized spacial score (nSPS) is 16.5. The molecule has 0 aromatic carbocycles. The summed E-state index contributed by atoms with van der Waals surface area (Å²) >= 11 is 1.46. The first-order valence-corrected chi connectivity index (χ1v) is 6.98. The molecule has 2 heterocycles. The quantitative estimate of drug-likeness (QED) is 0.926.